The number of hydrogen-bond acceptors (Lipinski definition) is 5. The van der Waals surface area contributed by atoms with Crippen LogP contribution in [0, 0.1) is 0 Å². The van der Waals surface area contributed by atoms with Gasteiger partial charge in [0.25, 0.3) is 0 Å². The van der Waals surface area contributed by atoms with Gasteiger partial charge in [-0.25, -0.2) is 10.9 Å². The van der Waals surface area contributed by atoms with Crippen molar-refractivity contribution in [3.63, 3.8) is 0 Å². The molecule has 0 saturated carbocycles. The molecule has 1 heterocycles. The highest BCUT2D eigenvalue weighted by atomic mass is 35.5. The fraction of sp³-hybridized carbons (Fsp3) is 0.0476. The molecule has 0 aromatic heterocycles. The maximum atomic E-state index is 10.3. The Hall–Kier alpha value is -2.99. The number of anilines is 1. The average molecular weight is 379 g/mol. The molecule has 4 N–H and O–H groups in total. The van der Waals surface area contributed by atoms with Crippen LogP contribution in [-0.4, -0.2) is 10.3 Å². The Morgan fingerprint density at radius 2 is 1.56 bits per heavy atom. The predicted octanol–water partition coefficient (Wildman–Crippen LogP) is 4.07. The fourth-order valence-electron chi connectivity index (χ4n) is 3.17. The van der Waals surface area contributed by atoms with E-state index in [0.717, 1.165) is 28.2 Å². The molecule has 1 aliphatic rings. The lowest BCUT2D eigenvalue weighted by Gasteiger charge is -2.27. The van der Waals surface area contributed by atoms with Gasteiger partial charge in [0, 0.05) is 17.0 Å². The minimum atomic E-state index is 0.254. The first-order valence-corrected chi connectivity index (χ1v) is 8.94. The number of rotatable bonds is 4. The van der Waals surface area contributed by atoms with Gasteiger partial charge >= 0.3 is 0 Å². The number of nitrogens with zero attached hydrogens (tertiary/aromatic N) is 2. The first-order valence-electron chi connectivity index (χ1n) is 8.56. The van der Waals surface area contributed by atoms with Crippen LogP contribution in [0.25, 0.3) is 5.70 Å². The van der Waals surface area contributed by atoms with E-state index in [4.69, 9.17) is 17.4 Å². The Kier molecular flexibility index (Phi) is 4.73. The van der Waals surface area contributed by atoms with Gasteiger partial charge in [-0.2, -0.15) is 0 Å². The van der Waals surface area contributed by atoms with Crippen LogP contribution in [0.1, 0.15) is 11.1 Å². The first kappa shape index (κ1) is 17.4. The van der Waals surface area contributed by atoms with Gasteiger partial charge in [0.15, 0.2) is 0 Å². The average Bonchev–Trinajstić information content (AvgIpc) is 3.01. The van der Waals surface area contributed by atoms with E-state index in [-0.39, 0.29) is 5.75 Å². The molecule has 136 valence electrons. The van der Waals surface area contributed by atoms with Gasteiger partial charge in [0.2, 0.25) is 0 Å². The quantitative estimate of drug-likeness (QED) is 0.597. The summed E-state index contributed by atoms with van der Waals surface area (Å²) in [5.41, 5.74) is 7.73. The van der Waals surface area contributed by atoms with Crippen molar-refractivity contribution in [2.75, 3.05) is 5.01 Å². The van der Waals surface area contributed by atoms with Crippen LogP contribution in [0.4, 0.5) is 5.69 Å². The van der Waals surface area contributed by atoms with E-state index in [0.29, 0.717) is 11.4 Å². The van der Waals surface area contributed by atoms with Crippen LogP contribution < -0.4 is 16.3 Å². The Morgan fingerprint density at radius 1 is 0.889 bits per heavy atom. The standard InChI is InChI=1S/C21H19ClN4O/c22-17-10-12-18(13-11-17)25-19(14-16-8-4-5-9-20(16)27)21(24-26(25)23)15-6-2-1-3-7-15/h1-13,24,27H,14,23H2. The van der Waals surface area contributed by atoms with Gasteiger partial charge in [0.1, 0.15) is 5.75 Å². The lowest BCUT2D eigenvalue weighted by molar-refractivity contribution is 0.249. The molecule has 27 heavy (non-hydrogen) atoms. The normalized spacial score (nSPS) is 14.5. The van der Waals surface area contributed by atoms with Crippen LogP contribution in [0.15, 0.2) is 84.6 Å². The molecule has 0 atom stereocenters. The van der Waals surface area contributed by atoms with E-state index in [2.05, 4.69) is 5.43 Å². The largest absolute Gasteiger partial charge is 0.508 e. The second-order valence-corrected chi connectivity index (χ2v) is 6.67. The van der Waals surface area contributed by atoms with Gasteiger partial charge in [0.05, 0.1) is 17.1 Å². The fourth-order valence-corrected chi connectivity index (χ4v) is 3.29. The molecule has 0 radical (unpaired) electrons. The summed E-state index contributed by atoms with van der Waals surface area (Å²) in [6.07, 6.45) is 0.500. The Balaban J connectivity index is 1.83. The first-order chi connectivity index (χ1) is 13.1. The smallest absolute Gasteiger partial charge is 0.119 e. The Bertz CT molecular complexity index is 973. The number of aromatic hydroxyl groups is 1. The van der Waals surface area contributed by atoms with Crippen LogP contribution in [0.3, 0.4) is 0 Å². The Morgan fingerprint density at radius 3 is 2.26 bits per heavy atom. The van der Waals surface area contributed by atoms with Crippen molar-refractivity contribution in [3.8, 4) is 5.75 Å². The van der Waals surface area contributed by atoms with E-state index < -0.39 is 0 Å². The zero-order valence-corrected chi connectivity index (χ0v) is 15.3. The molecule has 3 aromatic rings. The van der Waals surface area contributed by atoms with Gasteiger partial charge in [-0.05, 0) is 35.9 Å². The molecule has 5 nitrogen and oxygen atoms in total. The van der Waals surface area contributed by atoms with E-state index >= 15 is 0 Å². The van der Waals surface area contributed by atoms with E-state index in [9.17, 15) is 5.11 Å². The summed E-state index contributed by atoms with van der Waals surface area (Å²) >= 11 is 6.04. The van der Waals surface area contributed by atoms with Crippen molar-refractivity contribution >= 4 is 23.0 Å². The minimum Gasteiger partial charge on any atom is -0.508 e. The van der Waals surface area contributed by atoms with E-state index in [1.165, 1.54) is 5.23 Å². The highest BCUT2D eigenvalue weighted by Crippen LogP contribution is 2.34. The molecule has 1 aliphatic heterocycles. The van der Waals surface area contributed by atoms with Gasteiger partial charge < -0.3 is 5.11 Å². The summed E-state index contributed by atoms with van der Waals surface area (Å²) in [5.74, 6) is 6.52. The summed E-state index contributed by atoms with van der Waals surface area (Å²) in [6.45, 7) is 0. The zero-order valence-electron chi connectivity index (χ0n) is 14.5. The summed E-state index contributed by atoms with van der Waals surface area (Å²) in [6, 6.07) is 24.7. The van der Waals surface area contributed by atoms with Gasteiger partial charge in [-0.3, -0.25) is 5.43 Å². The summed E-state index contributed by atoms with van der Waals surface area (Å²) in [5, 5.41) is 14.2. The van der Waals surface area contributed by atoms with Crippen LogP contribution in [0.2, 0.25) is 5.02 Å². The topological polar surface area (TPSA) is 64.8 Å². The number of nitrogens with two attached hydrogens (primary N) is 1. The number of para-hydroxylation sites is 1. The number of allylic oxidation sites excluding steroid dienone is 1. The molecule has 0 saturated heterocycles. The van der Waals surface area contributed by atoms with Crippen LogP contribution in [0.5, 0.6) is 5.75 Å². The monoisotopic (exact) mass is 378 g/mol. The van der Waals surface area contributed by atoms with Gasteiger partial charge in [-0.15, -0.1) is 0 Å². The lowest BCUT2D eigenvalue weighted by Crippen LogP contribution is -2.49. The molecule has 0 unspecified atom stereocenters. The molecule has 0 fully saturated rings. The number of phenols is 1. The highest BCUT2D eigenvalue weighted by molar-refractivity contribution is 6.30. The van der Waals surface area contributed by atoms with Crippen molar-refractivity contribution in [1.29, 1.82) is 0 Å². The van der Waals surface area contributed by atoms with E-state index in [1.54, 1.807) is 6.07 Å². The minimum absolute atomic E-state index is 0.254. The molecular weight excluding hydrogens is 360 g/mol. The number of benzene rings is 3. The molecule has 0 spiro atoms. The maximum Gasteiger partial charge on any atom is 0.119 e. The number of hydrazine groups is 3. The third-order valence-electron chi connectivity index (χ3n) is 4.47. The van der Waals surface area contributed by atoms with Crippen molar-refractivity contribution in [1.82, 2.24) is 10.7 Å². The second-order valence-electron chi connectivity index (χ2n) is 6.24. The molecular formula is C21H19ClN4O. The summed E-state index contributed by atoms with van der Waals surface area (Å²) in [7, 11) is 0. The van der Waals surface area contributed by atoms with Crippen molar-refractivity contribution < 1.29 is 5.11 Å². The summed E-state index contributed by atoms with van der Waals surface area (Å²) < 4.78 is 0. The number of phenolic OH excluding ortho intramolecular Hbond substituents is 1. The van der Waals surface area contributed by atoms with Crippen LogP contribution >= 0.6 is 11.6 Å². The summed E-state index contributed by atoms with van der Waals surface area (Å²) in [4.78, 5) is 0. The molecule has 4 rings (SSSR count). The third kappa shape index (κ3) is 3.48. The molecule has 6 heteroatoms. The predicted molar refractivity (Wildman–Crippen MR) is 108 cm³/mol. The van der Waals surface area contributed by atoms with Gasteiger partial charge in [-0.1, -0.05) is 65.4 Å². The zero-order chi connectivity index (χ0) is 18.8. The SMILES string of the molecule is NN1NC(c2ccccc2)=C(Cc2ccccc2O)N1c1ccc(Cl)cc1. The highest BCUT2D eigenvalue weighted by Gasteiger charge is 2.30. The lowest BCUT2D eigenvalue weighted by atomic mass is 10.0. The number of halogens is 1. The van der Waals surface area contributed by atoms with Crippen molar-refractivity contribution in [2.45, 2.75) is 6.42 Å². The molecule has 0 bridgehead atoms. The Labute approximate surface area is 162 Å². The van der Waals surface area contributed by atoms with Crippen molar-refractivity contribution in [3.05, 3.63) is 101 Å². The second kappa shape index (κ2) is 7.32. The molecule has 0 amide bonds. The van der Waals surface area contributed by atoms with Crippen molar-refractivity contribution in [2.24, 2.45) is 5.84 Å². The molecule has 3 aromatic carbocycles. The number of hydrogen-bond donors (Lipinski definition) is 3. The third-order valence-corrected chi connectivity index (χ3v) is 4.72. The number of nitrogens with one attached hydrogen (secondary N) is 1. The van der Waals surface area contributed by atoms with Crippen LogP contribution in [-0.2, 0) is 6.42 Å². The molecule has 0 aliphatic carbocycles. The van der Waals surface area contributed by atoms with E-state index in [1.807, 2.05) is 77.8 Å². The maximum absolute atomic E-state index is 10.3.